The first-order valence-electron chi connectivity index (χ1n) is 13.2. The fourth-order valence-electron chi connectivity index (χ4n) is 4.43. The molecule has 0 aromatic carbocycles. The lowest BCUT2D eigenvalue weighted by molar-refractivity contribution is 0.0543. The van der Waals surface area contributed by atoms with Crippen LogP contribution < -0.4 is 0 Å². The monoisotopic (exact) mass is 590 g/mol. The Morgan fingerprint density at radius 2 is 1.37 bits per heavy atom. The number of ether oxygens (including phenoxy) is 1. The second kappa shape index (κ2) is 12.0. The van der Waals surface area contributed by atoms with Gasteiger partial charge in [-0.15, -0.1) is 0 Å². The van der Waals surface area contributed by atoms with Crippen LogP contribution in [-0.2, 0) is 17.6 Å². The lowest BCUT2D eigenvalue weighted by Crippen LogP contribution is -2.26. The summed E-state index contributed by atoms with van der Waals surface area (Å²) in [5, 5.41) is 1.62. The maximum atomic E-state index is 13.9. The predicted octanol–water partition coefficient (Wildman–Crippen LogP) is 6.91. The van der Waals surface area contributed by atoms with Crippen molar-refractivity contribution in [3.05, 3.63) is 119 Å². The summed E-state index contributed by atoms with van der Waals surface area (Å²) in [6.45, 7) is 5.31. The summed E-state index contributed by atoms with van der Waals surface area (Å²) in [5.41, 5.74) is 2.68. The van der Waals surface area contributed by atoms with Crippen LogP contribution in [0.25, 0.3) is 22.1 Å². The molecule has 220 valence electrons. The first-order valence-corrected chi connectivity index (χ1v) is 13.2. The first-order chi connectivity index (χ1) is 20.5. The molecule has 0 atom stereocenters. The third kappa shape index (κ3) is 6.85. The topological polar surface area (TPSA) is 98.6 Å². The largest absolute Gasteiger partial charge is 0.443 e. The van der Waals surface area contributed by atoms with Crippen LogP contribution in [0.5, 0.6) is 0 Å². The van der Waals surface area contributed by atoms with Crippen molar-refractivity contribution in [3.63, 3.8) is 0 Å². The minimum Gasteiger partial charge on any atom is -0.443 e. The minimum atomic E-state index is -0.876. The second-order valence-electron chi connectivity index (χ2n) is 10.6. The van der Waals surface area contributed by atoms with E-state index in [0.29, 0.717) is 28.6 Å². The van der Waals surface area contributed by atoms with Crippen LogP contribution in [0.4, 0.5) is 22.4 Å². The summed E-state index contributed by atoms with van der Waals surface area (Å²) in [6.07, 6.45) is 6.52. The standard InChI is InChI=1S/C18H17F2N3O2.C13H9F2N3/c1-18(2,3)25-17(24)23-10-12(13-5-4-8-21-16(13)23)9-11-6-7-14(19)22-15(11)20;14-11-4-3-8(12(15)18-11)6-9-7-17-13-10(9)2-1-5-16-13/h4-8,10H,9H2,1-3H3;1-5,7H,6H2,(H,16,17). The fraction of sp³-hybridized carbons (Fsp3) is 0.194. The molecule has 0 spiro atoms. The van der Waals surface area contributed by atoms with E-state index >= 15 is 0 Å². The van der Waals surface area contributed by atoms with Crippen molar-refractivity contribution in [1.82, 2.24) is 29.5 Å². The molecule has 0 saturated heterocycles. The van der Waals surface area contributed by atoms with Gasteiger partial charge in [0.2, 0.25) is 23.8 Å². The van der Waals surface area contributed by atoms with E-state index in [-0.39, 0.29) is 12.0 Å². The van der Waals surface area contributed by atoms with Crippen molar-refractivity contribution >= 4 is 28.2 Å². The van der Waals surface area contributed by atoms with Gasteiger partial charge in [-0.2, -0.15) is 27.5 Å². The van der Waals surface area contributed by atoms with Crippen LogP contribution >= 0.6 is 0 Å². The molecule has 0 aliphatic carbocycles. The van der Waals surface area contributed by atoms with Crippen LogP contribution in [0, 0.1) is 23.8 Å². The van der Waals surface area contributed by atoms with Crippen LogP contribution in [-0.4, -0.2) is 41.2 Å². The molecule has 0 saturated carbocycles. The van der Waals surface area contributed by atoms with Gasteiger partial charge in [0.25, 0.3) is 0 Å². The van der Waals surface area contributed by atoms with Gasteiger partial charge in [0, 0.05) is 59.5 Å². The number of halogens is 4. The second-order valence-corrected chi connectivity index (χ2v) is 10.6. The van der Waals surface area contributed by atoms with E-state index in [1.807, 2.05) is 12.1 Å². The van der Waals surface area contributed by atoms with Gasteiger partial charge in [0.15, 0.2) is 0 Å². The molecule has 1 N–H and O–H groups in total. The summed E-state index contributed by atoms with van der Waals surface area (Å²) in [7, 11) is 0. The molecule has 6 heterocycles. The van der Waals surface area contributed by atoms with Gasteiger partial charge in [-0.3, -0.25) is 0 Å². The number of rotatable bonds is 4. The van der Waals surface area contributed by atoms with Gasteiger partial charge in [-0.25, -0.2) is 19.3 Å². The molecule has 0 unspecified atom stereocenters. The van der Waals surface area contributed by atoms with E-state index in [4.69, 9.17) is 4.74 Å². The summed E-state index contributed by atoms with van der Waals surface area (Å²) >= 11 is 0. The van der Waals surface area contributed by atoms with Crippen LogP contribution in [0.15, 0.2) is 73.3 Å². The molecule has 0 aliphatic heterocycles. The lowest BCUT2D eigenvalue weighted by atomic mass is 10.1. The van der Waals surface area contributed by atoms with Crippen molar-refractivity contribution in [2.45, 2.75) is 39.2 Å². The highest BCUT2D eigenvalue weighted by molar-refractivity contribution is 5.89. The van der Waals surface area contributed by atoms with Gasteiger partial charge in [-0.05, 0) is 80.4 Å². The highest BCUT2D eigenvalue weighted by atomic mass is 19.1. The van der Waals surface area contributed by atoms with Gasteiger partial charge in [-0.1, -0.05) is 0 Å². The fourth-order valence-corrected chi connectivity index (χ4v) is 4.43. The Kier molecular flexibility index (Phi) is 8.20. The predicted molar refractivity (Wildman–Crippen MR) is 151 cm³/mol. The van der Waals surface area contributed by atoms with E-state index in [1.54, 1.807) is 57.7 Å². The molecule has 0 radical (unpaired) electrons. The van der Waals surface area contributed by atoms with Crippen molar-refractivity contribution in [3.8, 4) is 0 Å². The maximum Gasteiger partial charge on any atom is 0.420 e. The van der Waals surface area contributed by atoms with E-state index < -0.39 is 35.5 Å². The van der Waals surface area contributed by atoms with Gasteiger partial charge in [0.05, 0.1) is 0 Å². The van der Waals surface area contributed by atoms with Crippen molar-refractivity contribution < 1.29 is 27.1 Å². The Balaban J connectivity index is 0.000000180. The Labute approximate surface area is 243 Å². The third-order valence-corrected chi connectivity index (χ3v) is 6.32. The van der Waals surface area contributed by atoms with Crippen molar-refractivity contribution in [1.29, 1.82) is 0 Å². The first kappa shape index (κ1) is 29.4. The van der Waals surface area contributed by atoms with E-state index in [1.165, 1.54) is 16.7 Å². The average molecular weight is 591 g/mol. The number of hydrogen-bond donors (Lipinski definition) is 1. The number of aromatic amines is 1. The Morgan fingerprint density at radius 1 is 0.791 bits per heavy atom. The van der Waals surface area contributed by atoms with E-state index in [9.17, 15) is 22.4 Å². The maximum absolute atomic E-state index is 13.9. The van der Waals surface area contributed by atoms with Gasteiger partial charge < -0.3 is 9.72 Å². The SMILES string of the molecule is CC(C)(C)OC(=O)n1cc(Cc2ccc(F)nc2F)c2cccnc21.Fc1ccc(Cc2c[nH]c3ncccc23)c(F)n1. The Hall–Kier alpha value is -5.13. The summed E-state index contributed by atoms with van der Waals surface area (Å²) < 4.78 is 59.7. The normalized spacial score (nSPS) is 11.4. The Bertz CT molecular complexity index is 1930. The molecule has 0 amide bonds. The molecule has 6 aromatic rings. The van der Waals surface area contributed by atoms with E-state index in [0.717, 1.165) is 28.7 Å². The zero-order valence-corrected chi connectivity index (χ0v) is 23.4. The number of H-pyrrole nitrogens is 1. The smallest absolute Gasteiger partial charge is 0.420 e. The van der Waals surface area contributed by atoms with Crippen LogP contribution in [0.3, 0.4) is 0 Å². The van der Waals surface area contributed by atoms with Gasteiger partial charge >= 0.3 is 6.09 Å². The lowest BCUT2D eigenvalue weighted by Gasteiger charge is -2.19. The number of pyridine rings is 4. The summed E-state index contributed by atoms with van der Waals surface area (Å²) in [5.74, 6) is -3.33. The van der Waals surface area contributed by atoms with Gasteiger partial charge in [0.1, 0.15) is 16.9 Å². The molecule has 6 rings (SSSR count). The molecule has 0 bridgehead atoms. The summed E-state index contributed by atoms with van der Waals surface area (Å²) in [6, 6.07) is 12.2. The van der Waals surface area contributed by atoms with E-state index in [2.05, 4.69) is 24.9 Å². The number of nitrogens with one attached hydrogen (secondary N) is 1. The number of carbonyl (C=O) groups is 1. The van der Waals surface area contributed by atoms with Crippen molar-refractivity contribution in [2.24, 2.45) is 0 Å². The molecule has 43 heavy (non-hydrogen) atoms. The number of aromatic nitrogens is 6. The zero-order chi connectivity index (χ0) is 30.7. The van der Waals surface area contributed by atoms with Crippen molar-refractivity contribution in [2.75, 3.05) is 0 Å². The molecule has 0 aliphatic rings. The Morgan fingerprint density at radius 3 is 1.98 bits per heavy atom. The summed E-state index contributed by atoms with van der Waals surface area (Å²) in [4.78, 5) is 30.2. The van der Waals surface area contributed by atoms with Crippen LogP contribution in [0.2, 0.25) is 0 Å². The molecule has 8 nitrogen and oxygen atoms in total. The number of carbonyl (C=O) groups excluding carboxylic acids is 1. The molecule has 12 heteroatoms. The third-order valence-electron chi connectivity index (χ3n) is 6.32. The highest BCUT2D eigenvalue weighted by Crippen LogP contribution is 2.24. The van der Waals surface area contributed by atoms with Crippen LogP contribution in [0.1, 0.15) is 43.0 Å². The minimum absolute atomic E-state index is 0.150. The molecule has 0 fully saturated rings. The number of hydrogen-bond acceptors (Lipinski definition) is 6. The zero-order valence-electron chi connectivity index (χ0n) is 23.4. The molecule has 6 aromatic heterocycles. The quantitative estimate of drug-likeness (QED) is 0.177. The molecular formula is C31H26F4N6O2. The molecular weight excluding hydrogens is 564 g/mol. The number of nitrogens with zero attached hydrogens (tertiary/aromatic N) is 5. The number of fused-ring (bicyclic) bond motifs is 2. The average Bonchev–Trinajstić information content (AvgIpc) is 3.53. The highest BCUT2D eigenvalue weighted by Gasteiger charge is 2.22.